The highest BCUT2D eigenvalue weighted by Gasteiger charge is 2.13. The lowest BCUT2D eigenvalue weighted by Gasteiger charge is -2.16. The van der Waals surface area contributed by atoms with Crippen molar-refractivity contribution in [2.24, 2.45) is 0 Å². The average molecular weight is 350 g/mol. The molecule has 0 bridgehead atoms. The van der Waals surface area contributed by atoms with Gasteiger partial charge in [-0.25, -0.2) is 0 Å². The van der Waals surface area contributed by atoms with E-state index in [9.17, 15) is 4.79 Å². The average Bonchev–Trinajstić information content (AvgIpc) is 2.60. The largest absolute Gasteiger partial charge is 0.497 e. The molecule has 0 radical (unpaired) electrons. The van der Waals surface area contributed by atoms with E-state index < -0.39 is 0 Å². The first kappa shape index (κ1) is 21.0. The Labute approximate surface area is 150 Å². The third-order valence-corrected chi connectivity index (χ3v) is 3.99. The number of hydrogen-bond donors (Lipinski definition) is 0. The van der Waals surface area contributed by atoms with E-state index in [0.29, 0.717) is 11.5 Å². The second-order valence-corrected chi connectivity index (χ2v) is 6.01. The molecule has 0 N–H and O–H groups in total. The number of rotatable bonds is 12. The Bertz CT molecular complexity index is 519. The van der Waals surface area contributed by atoms with Crippen LogP contribution in [-0.2, 0) is 20.7 Å². The van der Waals surface area contributed by atoms with Crippen LogP contribution >= 0.6 is 0 Å². The van der Waals surface area contributed by atoms with Gasteiger partial charge in [-0.3, -0.25) is 4.79 Å². The first-order valence-electron chi connectivity index (χ1n) is 8.57. The molecular weight excluding hydrogens is 320 g/mol. The minimum absolute atomic E-state index is 0.124. The Morgan fingerprint density at radius 2 is 1.76 bits per heavy atom. The number of benzene rings is 1. The Morgan fingerprint density at radius 3 is 2.28 bits per heavy atom. The lowest BCUT2D eigenvalue weighted by molar-refractivity contribution is -0.147. The van der Waals surface area contributed by atoms with Crippen LogP contribution in [0.5, 0.6) is 11.5 Å². The summed E-state index contributed by atoms with van der Waals surface area (Å²) in [5.74, 6) is 1.06. The molecule has 2 atom stereocenters. The molecule has 0 fully saturated rings. The summed E-state index contributed by atoms with van der Waals surface area (Å²) in [5, 5.41) is 0. The quantitative estimate of drug-likeness (QED) is 0.422. The number of methoxy groups -OCH3 is 3. The van der Waals surface area contributed by atoms with Gasteiger partial charge in [0, 0.05) is 13.2 Å². The Morgan fingerprint density at radius 1 is 1.12 bits per heavy atom. The number of ether oxygens (including phenoxy) is 4. The summed E-state index contributed by atoms with van der Waals surface area (Å²) >= 11 is 0. The molecule has 0 aliphatic carbocycles. The summed E-state index contributed by atoms with van der Waals surface area (Å²) in [6.07, 6.45) is 5.62. The second kappa shape index (κ2) is 11.5. The van der Waals surface area contributed by atoms with Gasteiger partial charge in [0.15, 0.2) is 0 Å². The van der Waals surface area contributed by atoms with E-state index >= 15 is 0 Å². The summed E-state index contributed by atoms with van der Waals surface area (Å²) in [6.45, 7) is 5.64. The van der Waals surface area contributed by atoms with Crippen molar-refractivity contribution in [2.75, 3.05) is 21.3 Å². The van der Waals surface area contributed by atoms with Crippen molar-refractivity contribution in [1.29, 1.82) is 0 Å². The molecule has 1 aromatic carbocycles. The smallest absolute Gasteiger partial charge is 0.310 e. The molecule has 25 heavy (non-hydrogen) atoms. The molecule has 5 heteroatoms. The van der Waals surface area contributed by atoms with Crippen LogP contribution in [-0.4, -0.2) is 39.5 Å². The fourth-order valence-electron chi connectivity index (χ4n) is 2.61. The molecule has 0 heterocycles. The Kier molecular flexibility index (Phi) is 9.70. The Hall–Kier alpha value is -2.01. The standard InChI is InChI=1S/C20H30O5/c1-6-8-17(22-3)10-7-9-15(2)25-20(21)13-16-11-18(23-4)14-19(12-16)24-5/h6,11-12,14-15,17H,1,7-10,13H2,2-5H3/t15-,17-/m0/s1. The highest BCUT2D eigenvalue weighted by Crippen LogP contribution is 2.23. The minimum Gasteiger partial charge on any atom is -0.497 e. The van der Waals surface area contributed by atoms with Gasteiger partial charge in [-0.05, 0) is 50.3 Å². The summed E-state index contributed by atoms with van der Waals surface area (Å²) < 4.78 is 21.3. The van der Waals surface area contributed by atoms with Crippen molar-refractivity contribution < 1.29 is 23.7 Å². The van der Waals surface area contributed by atoms with Crippen LogP contribution in [0.25, 0.3) is 0 Å². The van der Waals surface area contributed by atoms with E-state index in [1.807, 2.05) is 25.1 Å². The molecule has 1 rings (SSSR count). The predicted molar refractivity (Wildman–Crippen MR) is 98.3 cm³/mol. The van der Waals surface area contributed by atoms with Crippen LogP contribution in [0.3, 0.4) is 0 Å². The van der Waals surface area contributed by atoms with Crippen molar-refractivity contribution in [2.45, 2.75) is 51.2 Å². The lowest BCUT2D eigenvalue weighted by atomic mass is 10.1. The predicted octanol–water partition coefficient (Wildman–Crippen LogP) is 3.94. The molecule has 0 aliphatic heterocycles. The zero-order valence-electron chi connectivity index (χ0n) is 15.7. The molecule has 0 aromatic heterocycles. The third kappa shape index (κ3) is 8.07. The highest BCUT2D eigenvalue weighted by atomic mass is 16.5. The second-order valence-electron chi connectivity index (χ2n) is 6.01. The maximum Gasteiger partial charge on any atom is 0.310 e. The number of hydrogen-bond acceptors (Lipinski definition) is 5. The molecule has 5 nitrogen and oxygen atoms in total. The van der Waals surface area contributed by atoms with Crippen LogP contribution in [0.2, 0.25) is 0 Å². The van der Waals surface area contributed by atoms with E-state index in [1.165, 1.54) is 0 Å². The molecule has 0 aliphatic rings. The van der Waals surface area contributed by atoms with Crippen molar-refractivity contribution in [3.8, 4) is 11.5 Å². The molecule has 140 valence electrons. The fourth-order valence-corrected chi connectivity index (χ4v) is 2.61. The van der Waals surface area contributed by atoms with Crippen LogP contribution in [0.15, 0.2) is 30.9 Å². The maximum atomic E-state index is 12.1. The summed E-state index contributed by atoms with van der Waals surface area (Å²) in [5.41, 5.74) is 0.804. The first-order valence-corrected chi connectivity index (χ1v) is 8.57. The number of esters is 1. The minimum atomic E-state index is -0.253. The van der Waals surface area contributed by atoms with Crippen LogP contribution in [0.1, 0.15) is 38.2 Å². The maximum absolute atomic E-state index is 12.1. The Balaban J connectivity index is 2.44. The van der Waals surface area contributed by atoms with Gasteiger partial charge in [-0.2, -0.15) is 0 Å². The van der Waals surface area contributed by atoms with E-state index in [0.717, 1.165) is 31.2 Å². The molecule has 0 saturated heterocycles. The van der Waals surface area contributed by atoms with Gasteiger partial charge in [0.1, 0.15) is 11.5 Å². The highest BCUT2D eigenvalue weighted by molar-refractivity contribution is 5.73. The molecule has 0 spiro atoms. The SMILES string of the molecule is C=CC[C@@H](CCC[C@H](C)OC(=O)Cc1cc(OC)cc(OC)c1)OC. The van der Waals surface area contributed by atoms with Crippen LogP contribution in [0.4, 0.5) is 0 Å². The monoisotopic (exact) mass is 350 g/mol. The van der Waals surface area contributed by atoms with Gasteiger partial charge >= 0.3 is 5.97 Å². The van der Waals surface area contributed by atoms with Gasteiger partial charge in [0.05, 0.1) is 32.8 Å². The molecular formula is C20H30O5. The zero-order chi connectivity index (χ0) is 18.7. The van der Waals surface area contributed by atoms with Crippen LogP contribution < -0.4 is 9.47 Å². The molecule has 0 unspecified atom stereocenters. The summed E-state index contributed by atoms with van der Waals surface area (Å²) in [7, 11) is 4.87. The van der Waals surface area contributed by atoms with Crippen molar-refractivity contribution in [1.82, 2.24) is 0 Å². The van der Waals surface area contributed by atoms with E-state index in [4.69, 9.17) is 18.9 Å². The lowest BCUT2D eigenvalue weighted by Crippen LogP contribution is -2.18. The van der Waals surface area contributed by atoms with E-state index in [-0.39, 0.29) is 24.6 Å². The third-order valence-electron chi connectivity index (χ3n) is 3.99. The number of carbonyl (C=O) groups excluding carboxylic acids is 1. The first-order chi connectivity index (χ1) is 12.0. The van der Waals surface area contributed by atoms with E-state index in [2.05, 4.69) is 6.58 Å². The topological polar surface area (TPSA) is 54.0 Å². The van der Waals surface area contributed by atoms with Crippen molar-refractivity contribution >= 4 is 5.97 Å². The number of carbonyl (C=O) groups is 1. The van der Waals surface area contributed by atoms with Gasteiger partial charge in [-0.15, -0.1) is 6.58 Å². The van der Waals surface area contributed by atoms with E-state index in [1.54, 1.807) is 27.4 Å². The fraction of sp³-hybridized carbons (Fsp3) is 0.550. The van der Waals surface area contributed by atoms with Crippen molar-refractivity contribution in [3.05, 3.63) is 36.4 Å². The van der Waals surface area contributed by atoms with Gasteiger partial charge < -0.3 is 18.9 Å². The van der Waals surface area contributed by atoms with Gasteiger partial charge in [0.2, 0.25) is 0 Å². The zero-order valence-corrected chi connectivity index (χ0v) is 15.7. The van der Waals surface area contributed by atoms with Gasteiger partial charge in [-0.1, -0.05) is 6.08 Å². The summed E-state index contributed by atoms with van der Waals surface area (Å²) in [4.78, 5) is 12.1. The van der Waals surface area contributed by atoms with Crippen molar-refractivity contribution in [3.63, 3.8) is 0 Å². The normalized spacial score (nSPS) is 13.0. The summed E-state index contributed by atoms with van der Waals surface area (Å²) in [6, 6.07) is 5.40. The van der Waals surface area contributed by atoms with Crippen LogP contribution in [0, 0.1) is 0 Å². The molecule has 0 saturated carbocycles. The molecule has 1 aromatic rings. The van der Waals surface area contributed by atoms with Gasteiger partial charge in [0.25, 0.3) is 0 Å². The molecule has 0 amide bonds.